The van der Waals surface area contributed by atoms with E-state index < -0.39 is 33.9 Å². The highest BCUT2D eigenvalue weighted by Gasteiger charge is 2.38. The van der Waals surface area contributed by atoms with Gasteiger partial charge < -0.3 is 21.3 Å². The summed E-state index contributed by atoms with van der Waals surface area (Å²) in [6.45, 7) is 1.29. The fraction of sp³-hybridized carbons (Fsp3) is 0.500. The molecule has 230 valence electrons. The van der Waals surface area contributed by atoms with E-state index >= 15 is 0 Å². The van der Waals surface area contributed by atoms with Gasteiger partial charge in [0.05, 0.1) is 34.6 Å². The maximum atomic E-state index is 13.0. The van der Waals surface area contributed by atoms with Crippen LogP contribution in [0, 0.1) is 11.8 Å². The summed E-state index contributed by atoms with van der Waals surface area (Å²) in [6.07, 6.45) is 10.5. The molecule has 1 aliphatic heterocycles. The first kappa shape index (κ1) is 29.4. The first-order valence-electron chi connectivity index (χ1n) is 14.3. The van der Waals surface area contributed by atoms with Crippen molar-refractivity contribution >= 4 is 15.6 Å². The third-order valence-corrected chi connectivity index (χ3v) is 10.0. The number of halogens is 2. The van der Waals surface area contributed by atoms with Crippen molar-refractivity contribution in [2.75, 3.05) is 27.2 Å². The molecule has 2 saturated carbocycles. The topological polar surface area (TPSA) is 149 Å². The lowest BCUT2D eigenvalue weighted by Gasteiger charge is -2.38. The van der Waals surface area contributed by atoms with E-state index in [1.165, 1.54) is 23.3 Å². The zero-order valence-corrected chi connectivity index (χ0v) is 24.9. The molecule has 0 amide bonds. The van der Waals surface area contributed by atoms with Crippen molar-refractivity contribution in [2.24, 2.45) is 17.6 Å². The third-order valence-electron chi connectivity index (χ3n) is 8.00. The molecule has 1 unspecified atom stereocenters. The Balaban J connectivity index is 1.25. The van der Waals surface area contributed by atoms with Crippen LogP contribution in [-0.4, -0.2) is 81.1 Å². The molecule has 3 aromatic heterocycles. The standard InChI is InChI=1S/C28H36F2N10O2S/c1-38(2)15-19-9-18(10-19)12-33-24-11-28(31,34-14-22(24)23-6-8-39(37-23)17-26(29)30)25-5-7-32-27(36-25)20-13-35-40(16-20)43(41,42)21-3-4-21/h5-8,11,13-14,16,18-19,21,26,33-34H,3-4,9-10,12,15,17,31H2,1-2H3. The lowest BCUT2D eigenvalue weighted by Crippen LogP contribution is -2.50. The highest BCUT2D eigenvalue weighted by Crippen LogP contribution is 2.35. The predicted molar refractivity (Wildman–Crippen MR) is 157 cm³/mol. The molecular weight excluding hydrogens is 578 g/mol. The molecule has 2 aliphatic carbocycles. The van der Waals surface area contributed by atoms with Gasteiger partial charge in [0.15, 0.2) is 11.5 Å². The maximum absolute atomic E-state index is 13.0. The summed E-state index contributed by atoms with van der Waals surface area (Å²) >= 11 is 0. The smallest absolute Gasteiger partial charge is 0.257 e. The highest BCUT2D eigenvalue weighted by molar-refractivity contribution is 7.90. The molecule has 0 bridgehead atoms. The maximum Gasteiger partial charge on any atom is 0.257 e. The number of nitrogens with zero attached hydrogens (tertiary/aromatic N) is 7. The second-order valence-electron chi connectivity index (χ2n) is 11.9. The van der Waals surface area contributed by atoms with Crippen LogP contribution < -0.4 is 16.4 Å². The largest absolute Gasteiger partial charge is 0.384 e. The molecular formula is C28H36F2N10O2S. The van der Waals surface area contributed by atoms with Crippen molar-refractivity contribution in [3.63, 3.8) is 0 Å². The number of hydrogen-bond donors (Lipinski definition) is 3. The second-order valence-corrected chi connectivity index (χ2v) is 14.0. The number of nitrogens with two attached hydrogens (primary N) is 1. The molecule has 43 heavy (non-hydrogen) atoms. The second kappa shape index (κ2) is 11.4. The van der Waals surface area contributed by atoms with Gasteiger partial charge in [0.1, 0.15) is 6.54 Å². The van der Waals surface area contributed by atoms with Gasteiger partial charge in [0.2, 0.25) is 0 Å². The average Bonchev–Trinajstić information content (AvgIpc) is 3.51. The number of nitrogens with one attached hydrogen (secondary N) is 2. The molecule has 3 aliphatic rings. The molecule has 12 nitrogen and oxygen atoms in total. The fourth-order valence-corrected chi connectivity index (χ4v) is 7.11. The van der Waals surface area contributed by atoms with Gasteiger partial charge >= 0.3 is 0 Å². The van der Waals surface area contributed by atoms with E-state index in [1.807, 2.05) is 6.08 Å². The number of alkyl halides is 2. The van der Waals surface area contributed by atoms with Gasteiger partial charge in [-0.15, -0.1) is 0 Å². The predicted octanol–water partition coefficient (Wildman–Crippen LogP) is 1.96. The minimum absolute atomic E-state index is 0.284. The molecule has 0 saturated heterocycles. The van der Waals surface area contributed by atoms with Crippen LogP contribution in [0.1, 0.15) is 37.1 Å². The number of rotatable bonds is 12. The normalized spacial score (nSPS) is 24.0. The Morgan fingerprint density at radius 1 is 1.23 bits per heavy atom. The van der Waals surface area contributed by atoms with E-state index in [0.717, 1.165) is 30.0 Å². The summed E-state index contributed by atoms with van der Waals surface area (Å²) in [5.41, 5.74) is 8.45. The van der Waals surface area contributed by atoms with Crippen molar-refractivity contribution in [3.05, 3.63) is 66.3 Å². The van der Waals surface area contributed by atoms with Gasteiger partial charge in [-0.2, -0.15) is 14.3 Å². The van der Waals surface area contributed by atoms with Gasteiger partial charge in [-0.05, 0) is 69.8 Å². The van der Waals surface area contributed by atoms with Crippen LogP contribution in [0.2, 0.25) is 0 Å². The van der Waals surface area contributed by atoms with Crippen LogP contribution in [0.3, 0.4) is 0 Å². The minimum Gasteiger partial charge on any atom is -0.384 e. The number of allylic oxidation sites excluding steroid dienone is 1. The molecule has 1 atom stereocenters. The van der Waals surface area contributed by atoms with Gasteiger partial charge in [-0.25, -0.2) is 27.2 Å². The summed E-state index contributed by atoms with van der Waals surface area (Å²) in [5, 5.41) is 14.8. The Morgan fingerprint density at radius 3 is 2.74 bits per heavy atom. The number of aromatic nitrogens is 6. The minimum atomic E-state index is -3.53. The van der Waals surface area contributed by atoms with E-state index in [4.69, 9.17) is 5.73 Å². The van der Waals surface area contributed by atoms with Crippen molar-refractivity contribution in [1.29, 1.82) is 0 Å². The van der Waals surface area contributed by atoms with E-state index in [-0.39, 0.29) is 5.82 Å². The van der Waals surface area contributed by atoms with Gasteiger partial charge in [-0.3, -0.25) is 4.68 Å². The summed E-state index contributed by atoms with van der Waals surface area (Å²) in [7, 11) is 0.636. The van der Waals surface area contributed by atoms with Gasteiger partial charge in [0.25, 0.3) is 16.4 Å². The quantitative estimate of drug-likeness (QED) is 0.276. The van der Waals surface area contributed by atoms with Gasteiger partial charge in [0, 0.05) is 43.0 Å². The molecule has 6 rings (SSSR count). The van der Waals surface area contributed by atoms with Crippen LogP contribution in [0.5, 0.6) is 0 Å². The lowest BCUT2D eigenvalue weighted by atomic mass is 9.74. The highest BCUT2D eigenvalue weighted by atomic mass is 32.2. The number of dihydropyridines is 1. The van der Waals surface area contributed by atoms with E-state index in [0.29, 0.717) is 52.9 Å². The Morgan fingerprint density at radius 2 is 2.02 bits per heavy atom. The van der Waals surface area contributed by atoms with E-state index in [9.17, 15) is 17.2 Å². The summed E-state index contributed by atoms with van der Waals surface area (Å²) in [6, 6.07) is 3.38. The van der Waals surface area contributed by atoms with Crippen LogP contribution >= 0.6 is 0 Å². The van der Waals surface area contributed by atoms with E-state index in [2.05, 4.69) is 49.8 Å². The average molecular weight is 615 g/mol. The molecule has 2 fully saturated rings. The first-order valence-corrected chi connectivity index (χ1v) is 15.8. The fourth-order valence-electron chi connectivity index (χ4n) is 5.64. The van der Waals surface area contributed by atoms with Crippen LogP contribution in [0.15, 0.2) is 54.9 Å². The van der Waals surface area contributed by atoms with E-state index in [1.54, 1.807) is 24.5 Å². The molecule has 4 heterocycles. The Bertz CT molecular complexity index is 1640. The van der Waals surface area contributed by atoms with Crippen molar-refractivity contribution in [3.8, 4) is 11.4 Å². The summed E-state index contributed by atoms with van der Waals surface area (Å²) < 4.78 is 53.4. The third kappa shape index (κ3) is 6.33. The zero-order chi connectivity index (χ0) is 30.4. The summed E-state index contributed by atoms with van der Waals surface area (Å²) in [5.74, 6) is 1.45. The van der Waals surface area contributed by atoms with Crippen LogP contribution in [0.4, 0.5) is 8.78 Å². The summed E-state index contributed by atoms with van der Waals surface area (Å²) in [4.78, 5) is 11.2. The molecule has 15 heteroatoms. The Hall–Kier alpha value is -3.69. The molecule has 0 spiro atoms. The molecule has 0 aromatic carbocycles. The van der Waals surface area contributed by atoms with Crippen molar-refractivity contribution in [1.82, 2.24) is 44.5 Å². The monoisotopic (exact) mass is 614 g/mol. The van der Waals surface area contributed by atoms with Gasteiger partial charge in [-0.1, -0.05) is 0 Å². The molecule has 3 aromatic rings. The van der Waals surface area contributed by atoms with Crippen LogP contribution in [-0.2, 0) is 22.2 Å². The zero-order valence-electron chi connectivity index (χ0n) is 24.1. The first-order chi connectivity index (χ1) is 20.5. The van der Waals surface area contributed by atoms with Crippen molar-refractivity contribution in [2.45, 2.75) is 49.6 Å². The van der Waals surface area contributed by atoms with Crippen molar-refractivity contribution < 1.29 is 17.2 Å². The lowest BCUT2D eigenvalue weighted by molar-refractivity contribution is 0.122. The Labute approximate surface area is 249 Å². The number of hydrogen-bond acceptors (Lipinski definition) is 10. The SMILES string of the molecule is CN(C)CC1CC(CNC2=CC(N)(c3ccnc(-c4cnn(S(=O)(=O)C5CC5)c4)n3)NC=C2c2ccn(CC(F)F)n2)C1. The van der Waals surface area contributed by atoms with Crippen LogP contribution in [0.25, 0.3) is 17.0 Å². The molecule has 4 N–H and O–H groups in total. The molecule has 0 radical (unpaired) electrons. The Kier molecular flexibility index (Phi) is 7.81.